The highest BCUT2D eigenvalue weighted by Gasteiger charge is 2.45. The molecule has 0 radical (unpaired) electrons. The Kier molecular flexibility index (Phi) is 6.33. The van der Waals surface area contributed by atoms with Crippen LogP contribution in [0.4, 0.5) is 9.52 Å². The van der Waals surface area contributed by atoms with Gasteiger partial charge in [0.25, 0.3) is 5.91 Å². The van der Waals surface area contributed by atoms with E-state index in [1.807, 2.05) is 54.6 Å². The summed E-state index contributed by atoms with van der Waals surface area (Å²) in [6.07, 6.45) is 0. The van der Waals surface area contributed by atoms with E-state index in [-0.39, 0.29) is 22.3 Å². The Morgan fingerprint density at radius 1 is 1.03 bits per heavy atom. The fraction of sp³-hybridized carbons (Fsp3) is 0.172. The number of carbonyl (C=O) groups excluding carboxylic acids is 1. The molecule has 0 fully saturated rings. The second kappa shape index (κ2) is 9.81. The number of benzene rings is 3. The second-order valence-corrected chi connectivity index (χ2v) is 11.5. The number of fused-ring (bicyclic) bond motifs is 2. The third kappa shape index (κ3) is 4.31. The van der Waals surface area contributed by atoms with Crippen molar-refractivity contribution in [2.24, 2.45) is 0 Å². The number of halogens is 1. The Balaban J connectivity index is 1.45. The normalized spacial score (nSPS) is 15.0. The van der Waals surface area contributed by atoms with E-state index in [0.29, 0.717) is 21.1 Å². The van der Waals surface area contributed by atoms with Gasteiger partial charge in [0.05, 0.1) is 17.0 Å². The van der Waals surface area contributed by atoms with Crippen molar-refractivity contribution in [2.75, 3.05) is 4.90 Å². The van der Waals surface area contributed by atoms with Crippen molar-refractivity contribution in [3.05, 3.63) is 117 Å². The van der Waals surface area contributed by atoms with Crippen LogP contribution < -0.4 is 10.3 Å². The molecule has 1 aliphatic heterocycles. The van der Waals surface area contributed by atoms with Crippen LogP contribution in [0.15, 0.2) is 86.3 Å². The molecule has 0 bridgehead atoms. The number of carbonyl (C=O) groups is 1. The molecule has 0 spiro atoms. The van der Waals surface area contributed by atoms with Crippen molar-refractivity contribution in [3.8, 4) is 0 Å². The summed E-state index contributed by atoms with van der Waals surface area (Å²) < 4.78 is 20.7. The molecule has 5 aromatic rings. The Morgan fingerprint density at radius 2 is 1.79 bits per heavy atom. The van der Waals surface area contributed by atoms with Gasteiger partial charge in [-0.05, 0) is 40.8 Å². The zero-order chi connectivity index (χ0) is 26.4. The zero-order valence-electron chi connectivity index (χ0n) is 20.6. The molecule has 0 aliphatic carbocycles. The van der Waals surface area contributed by atoms with Gasteiger partial charge in [-0.25, -0.2) is 4.39 Å². The standard InChI is InChI=1S/C29H22FN3O3S2/c1-16(2)18-8-10-19(11-9-18)24-23-25(34)21-14-20(30)12-13-22(21)36-26(23)27(35)33(24)28-31-32-29(38-28)37-15-17-6-4-3-5-7-17/h3-14,16,24H,15H2,1-2H3. The van der Waals surface area contributed by atoms with E-state index in [1.54, 1.807) is 0 Å². The van der Waals surface area contributed by atoms with Crippen LogP contribution >= 0.6 is 23.1 Å². The molecule has 38 heavy (non-hydrogen) atoms. The van der Waals surface area contributed by atoms with Crippen molar-refractivity contribution in [2.45, 2.75) is 35.9 Å². The Morgan fingerprint density at radius 3 is 2.53 bits per heavy atom. The zero-order valence-corrected chi connectivity index (χ0v) is 22.2. The average Bonchev–Trinajstić information content (AvgIpc) is 3.51. The first-order valence-electron chi connectivity index (χ1n) is 12.1. The molecule has 3 heterocycles. The monoisotopic (exact) mass is 543 g/mol. The molecule has 190 valence electrons. The lowest BCUT2D eigenvalue weighted by molar-refractivity contribution is 0.0970. The number of anilines is 1. The SMILES string of the molecule is CC(C)c1ccc(C2c3c(oc4ccc(F)cc4c3=O)C(=O)N2c2nnc(SCc3ccccc3)s2)cc1. The first-order chi connectivity index (χ1) is 18.4. The molecular weight excluding hydrogens is 521 g/mol. The van der Waals surface area contributed by atoms with Crippen molar-refractivity contribution in [3.63, 3.8) is 0 Å². The molecular formula is C29H22FN3O3S2. The minimum Gasteiger partial charge on any atom is -0.450 e. The lowest BCUT2D eigenvalue weighted by atomic mass is 9.95. The van der Waals surface area contributed by atoms with Crippen molar-refractivity contribution in [1.82, 2.24) is 10.2 Å². The van der Waals surface area contributed by atoms with E-state index in [2.05, 4.69) is 24.0 Å². The second-order valence-electron chi connectivity index (χ2n) is 9.34. The molecule has 0 saturated heterocycles. The largest absolute Gasteiger partial charge is 0.450 e. The smallest absolute Gasteiger partial charge is 0.297 e. The van der Waals surface area contributed by atoms with Crippen LogP contribution in [0.3, 0.4) is 0 Å². The molecule has 0 saturated carbocycles. The number of nitrogens with zero attached hydrogens (tertiary/aromatic N) is 3. The molecule has 9 heteroatoms. The Labute approximate surface area is 226 Å². The van der Waals surface area contributed by atoms with E-state index in [0.717, 1.165) is 22.8 Å². The maximum Gasteiger partial charge on any atom is 0.297 e. The van der Waals surface area contributed by atoms with Crippen LogP contribution in [-0.2, 0) is 5.75 Å². The lowest BCUT2D eigenvalue weighted by Crippen LogP contribution is -2.29. The summed E-state index contributed by atoms with van der Waals surface area (Å²) in [5, 5.41) is 9.10. The summed E-state index contributed by atoms with van der Waals surface area (Å²) in [5.41, 5.74) is 2.93. The van der Waals surface area contributed by atoms with Crippen molar-refractivity contribution in [1.29, 1.82) is 0 Å². The predicted octanol–water partition coefficient (Wildman–Crippen LogP) is 6.95. The molecule has 2 aromatic heterocycles. The van der Waals surface area contributed by atoms with Gasteiger partial charge in [0, 0.05) is 5.75 Å². The Hall–Kier alpha value is -3.82. The summed E-state index contributed by atoms with van der Waals surface area (Å²) in [6.45, 7) is 4.20. The number of aromatic nitrogens is 2. The van der Waals surface area contributed by atoms with E-state index < -0.39 is 23.2 Å². The summed E-state index contributed by atoms with van der Waals surface area (Å²) >= 11 is 2.81. The maximum absolute atomic E-state index is 14.0. The van der Waals surface area contributed by atoms with Crippen LogP contribution in [0.1, 0.15) is 58.6 Å². The van der Waals surface area contributed by atoms with Gasteiger partial charge in [-0.1, -0.05) is 91.5 Å². The third-order valence-electron chi connectivity index (χ3n) is 6.56. The van der Waals surface area contributed by atoms with Crippen LogP contribution in [0.5, 0.6) is 0 Å². The first kappa shape index (κ1) is 24.5. The molecule has 1 aliphatic rings. The molecule has 1 unspecified atom stereocenters. The summed E-state index contributed by atoms with van der Waals surface area (Å²) in [4.78, 5) is 28.9. The van der Waals surface area contributed by atoms with Crippen LogP contribution in [0.2, 0.25) is 0 Å². The highest BCUT2D eigenvalue weighted by Crippen LogP contribution is 2.43. The molecule has 1 amide bonds. The summed E-state index contributed by atoms with van der Waals surface area (Å²) in [7, 11) is 0. The van der Waals surface area contributed by atoms with Gasteiger partial charge in [0.1, 0.15) is 11.4 Å². The summed E-state index contributed by atoms with van der Waals surface area (Å²) in [6, 6.07) is 20.8. The molecule has 1 atom stereocenters. The number of hydrogen-bond acceptors (Lipinski definition) is 7. The highest BCUT2D eigenvalue weighted by molar-refractivity contribution is 8.00. The van der Waals surface area contributed by atoms with E-state index >= 15 is 0 Å². The van der Waals surface area contributed by atoms with E-state index in [9.17, 15) is 14.0 Å². The number of rotatable bonds is 6. The third-order valence-corrected chi connectivity index (χ3v) is 8.69. The minimum absolute atomic E-state index is 0.0549. The van der Waals surface area contributed by atoms with Crippen LogP contribution in [0.25, 0.3) is 11.0 Å². The number of amides is 1. The fourth-order valence-corrected chi connectivity index (χ4v) is 6.42. The van der Waals surface area contributed by atoms with Gasteiger partial charge in [-0.3, -0.25) is 14.5 Å². The quantitative estimate of drug-likeness (QED) is 0.170. The topological polar surface area (TPSA) is 76.3 Å². The van der Waals surface area contributed by atoms with Gasteiger partial charge < -0.3 is 4.42 Å². The van der Waals surface area contributed by atoms with E-state index in [4.69, 9.17) is 4.42 Å². The molecule has 3 aromatic carbocycles. The highest BCUT2D eigenvalue weighted by atomic mass is 32.2. The van der Waals surface area contributed by atoms with Gasteiger partial charge >= 0.3 is 0 Å². The predicted molar refractivity (Wildman–Crippen MR) is 148 cm³/mol. The van der Waals surface area contributed by atoms with Crippen LogP contribution in [0, 0.1) is 5.82 Å². The minimum atomic E-state index is -0.775. The maximum atomic E-state index is 14.0. The summed E-state index contributed by atoms with van der Waals surface area (Å²) in [5.74, 6) is -0.0477. The van der Waals surface area contributed by atoms with Crippen LogP contribution in [-0.4, -0.2) is 16.1 Å². The molecule has 0 N–H and O–H groups in total. The molecule has 6 rings (SSSR count). The number of thioether (sulfide) groups is 1. The van der Waals surface area contributed by atoms with E-state index in [1.165, 1.54) is 40.1 Å². The average molecular weight is 544 g/mol. The first-order valence-corrected chi connectivity index (χ1v) is 13.9. The lowest BCUT2D eigenvalue weighted by Gasteiger charge is -2.22. The van der Waals surface area contributed by atoms with Gasteiger partial charge in [0.2, 0.25) is 10.9 Å². The van der Waals surface area contributed by atoms with Gasteiger partial charge in [-0.2, -0.15) is 0 Å². The number of hydrogen-bond donors (Lipinski definition) is 0. The van der Waals surface area contributed by atoms with Gasteiger partial charge in [0.15, 0.2) is 9.77 Å². The van der Waals surface area contributed by atoms with Crippen molar-refractivity contribution >= 4 is 45.1 Å². The van der Waals surface area contributed by atoms with Crippen molar-refractivity contribution < 1.29 is 13.6 Å². The van der Waals surface area contributed by atoms with Gasteiger partial charge in [-0.15, -0.1) is 10.2 Å². The fourth-order valence-electron chi connectivity index (χ4n) is 4.60. The molecule has 6 nitrogen and oxygen atoms in total. The Bertz CT molecular complexity index is 1720.